The van der Waals surface area contributed by atoms with E-state index in [2.05, 4.69) is 30.3 Å². The van der Waals surface area contributed by atoms with Crippen LogP contribution < -0.4 is 10.2 Å². The van der Waals surface area contributed by atoms with Gasteiger partial charge in [-0.2, -0.15) is 5.10 Å². The van der Waals surface area contributed by atoms with Crippen LogP contribution in [0.3, 0.4) is 0 Å². The molecule has 3 aromatic rings. The predicted molar refractivity (Wildman–Crippen MR) is 97.2 cm³/mol. The first-order valence-electron chi connectivity index (χ1n) is 8.42. The third-order valence-electron chi connectivity index (χ3n) is 4.36. The van der Waals surface area contributed by atoms with E-state index in [1.54, 1.807) is 16.9 Å². The molecule has 132 valence electrons. The lowest BCUT2D eigenvalue weighted by Gasteiger charge is -2.38. The normalized spacial score (nSPS) is 14.2. The minimum atomic E-state index is -0.0795. The van der Waals surface area contributed by atoms with Crippen LogP contribution in [0.1, 0.15) is 11.4 Å². The Hall–Kier alpha value is -3.29. The van der Waals surface area contributed by atoms with Crippen molar-refractivity contribution < 1.29 is 4.79 Å². The second kappa shape index (κ2) is 6.55. The molecule has 3 aromatic heterocycles. The Labute approximate surface area is 150 Å². The first-order valence-corrected chi connectivity index (χ1v) is 8.42. The summed E-state index contributed by atoms with van der Waals surface area (Å²) in [6.07, 6.45) is 3.19. The molecule has 0 saturated carbocycles. The Balaban J connectivity index is 1.42. The van der Waals surface area contributed by atoms with Crippen LogP contribution in [-0.4, -0.2) is 43.7 Å². The lowest BCUT2D eigenvalue weighted by Crippen LogP contribution is -2.52. The van der Waals surface area contributed by atoms with E-state index in [0.717, 1.165) is 23.0 Å². The number of aryl methyl sites for hydroxylation is 2. The topological polar surface area (TPSA) is 88.8 Å². The van der Waals surface area contributed by atoms with Crippen molar-refractivity contribution in [3.63, 3.8) is 0 Å². The highest BCUT2D eigenvalue weighted by molar-refractivity contribution is 5.93. The van der Waals surface area contributed by atoms with Crippen LogP contribution >= 0.6 is 0 Å². The third-order valence-corrected chi connectivity index (χ3v) is 4.36. The van der Waals surface area contributed by atoms with Gasteiger partial charge in [0.15, 0.2) is 5.82 Å². The first kappa shape index (κ1) is 16.2. The van der Waals surface area contributed by atoms with Gasteiger partial charge in [-0.15, -0.1) is 0 Å². The summed E-state index contributed by atoms with van der Waals surface area (Å²) in [6.45, 7) is 5.17. The molecule has 0 spiro atoms. The molecule has 8 nitrogen and oxygen atoms in total. The highest BCUT2D eigenvalue weighted by Crippen LogP contribution is 2.24. The summed E-state index contributed by atoms with van der Waals surface area (Å²) >= 11 is 0. The second-order valence-electron chi connectivity index (χ2n) is 6.38. The molecule has 1 saturated heterocycles. The van der Waals surface area contributed by atoms with Gasteiger partial charge in [0.2, 0.25) is 5.91 Å². The lowest BCUT2D eigenvalue weighted by molar-refractivity contribution is -0.120. The molecule has 8 heteroatoms. The summed E-state index contributed by atoms with van der Waals surface area (Å²) in [6, 6.07) is 9.34. The molecule has 0 radical (unpaired) electrons. The van der Waals surface area contributed by atoms with E-state index < -0.39 is 0 Å². The second-order valence-corrected chi connectivity index (χ2v) is 6.38. The molecule has 1 aliphatic rings. The number of hydrogen-bond donors (Lipinski definition) is 1. The Morgan fingerprint density at radius 1 is 1.12 bits per heavy atom. The maximum atomic E-state index is 12.3. The zero-order chi connectivity index (χ0) is 18.1. The highest BCUT2D eigenvalue weighted by Gasteiger charge is 2.34. The molecule has 1 fully saturated rings. The van der Waals surface area contributed by atoms with Gasteiger partial charge >= 0.3 is 0 Å². The SMILES string of the molecule is Cc1cc(C)n(-c2cc(N3CC(C(=O)Nc4ccccn4)C3)ncn2)n1. The molecule has 26 heavy (non-hydrogen) atoms. The number of nitrogens with one attached hydrogen (secondary N) is 1. The highest BCUT2D eigenvalue weighted by atomic mass is 16.2. The van der Waals surface area contributed by atoms with Crippen LogP contribution in [0.2, 0.25) is 0 Å². The maximum Gasteiger partial charge on any atom is 0.232 e. The number of amides is 1. The molecule has 0 unspecified atom stereocenters. The number of aromatic nitrogens is 5. The number of anilines is 2. The standard InChI is InChI=1S/C18H19N7O/c1-12-7-13(2)25(23-12)17-8-16(20-11-21-17)24-9-14(10-24)18(26)22-15-5-3-4-6-19-15/h3-8,11,14H,9-10H2,1-2H3,(H,19,22,26). The molecule has 0 aliphatic carbocycles. The van der Waals surface area contributed by atoms with Gasteiger partial charge in [0.05, 0.1) is 11.6 Å². The fraction of sp³-hybridized carbons (Fsp3) is 0.278. The number of carbonyl (C=O) groups excluding carboxylic acids is 1. The van der Waals surface area contributed by atoms with Crippen molar-refractivity contribution in [3.8, 4) is 5.82 Å². The third kappa shape index (κ3) is 3.13. The number of carbonyl (C=O) groups is 1. The Kier molecular flexibility index (Phi) is 4.08. The Morgan fingerprint density at radius 3 is 2.62 bits per heavy atom. The average Bonchev–Trinajstić information content (AvgIpc) is 2.93. The van der Waals surface area contributed by atoms with Crippen molar-refractivity contribution in [2.75, 3.05) is 23.3 Å². The van der Waals surface area contributed by atoms with Crippen molar-refractivity contribution in [1.82, 2.24) is 24.7 Å². The molecule has 1 N–H and O–H groups in total. The van der Waals surface area contributed by atoms with Crippen LogP contribution in [0.25, 0.3) is 5.82 Å². The molecule has 1 amide bonds. The number of nitrogens with zero attached hydrogens (tertiary/aromatic N) is 6. The van der Waals surface area contributed by atoms with Crippen LogP contribution in [0.4, 0.5) is 11.6 Å². The van der Waals surface area contributed by atoms with E-state index in [1.165, 1.54) is 6.33 Å². The summed E-state index contributed by atoms with van der Waals surface area (Å²) < 4.78 is 1.80. The molecular formula is C18H19N7O. The summed E-state index contributed by atoms with van der Waals surface area (Å²) in [4.78, 5) is 27.1. The molecular weight excluding hydrogens is 330 g/mol. The number of rotatable bonds is 4. The minimum Gasteiger partial charge on any atom is -0.355 e. The van der Waals surface area contributed by atoms with E-state index in [-0.39, 0.29) is 11.8 Å². The van der Waals surface area contributed by atoms with E-state index >= 15 is 0 Å². The fourth-order valence-electron chi connectivity index (χ4n) is 2.98. The van der Waals surface area contributed by atoms with Gasteiger partial charge in [-0.05, 0) is 32.0 Å². The molecule has 0 aromatic carbocycles. The van der Waals surface area contributed by atoms with Crippen LogP contribution in [0.5, 0.6) is 0 Å². The fourth-order valence-corrected chi connectivity index (χ4v) is 2.98. The summed E-state index contributed by atoms with van der Waals surface area (Å²) in [5.74, 6) is 1.99. The van der Waals surface area contributed by atoms with Gasteiger partial charge in [-0.25, -0.2) is 19.6 Å². The van der Waals surface area contributed by atoms with Crippen molar-refractivity contribution in [3.05, 3.63) is 54.2 Å². The maximum absolute atomic E-state index is 12.3. The zero-order valence-electron chi connectivity index (χ0n) is 14.6. The van der Waals surface area contributed by atoms with Crippen LogP contribution in [-0.2, 0) is 4.79 Å². The first-order chi connectivity index (χ1) is 12.6. The Morgan fingerprint density at radius 2 is 1.92 bits per heavy atom. The van der Waals surface area contributed by atoms with Gasteiger partial charge in [0.25, 0.3) is 0 Å². The van der Waals surface area contributed by atoms with Gasteiger partial charge in [0, 0.05) is 31.0 Å². The zero-order valence-corrected chi connectivity index (χ0v) is 14.6. The average molecular weight is 349 g/mol. The van der Waals surface area contributed by atoms with E-state index in [1.807, 2.05) is 38.1 Å². The number of hydrogen-bond acceptors (Lipinski definition) is 6. The summed E-state index contributed by atoms with van der Waals surface area (Å²) in [7, 11) is 0. The van der Waals surface area contributed by atoms with Gasteiger partial charge < -0.3 is 10.2 Å². The lowest BCUT2D eigenvalue weighted by atomic mass is 9.99. The van der Waals surface area contributed by atoms with Crippen molar-refractivity contribution >= 4 is 17.5 Å². The van der Waals surface area contributed by atoms with Gasteiger partial charge in [-0.1, -0.05) is 6.07 Å². The Bertz CT molecular complexity index is 932. The van der Waals surface area contributed by atoms with Crippen LogP contribution in [0.15, 0.2) is 42.9 Å². The van der Waals surface area contributed by atoms with E-state index in [9.17, 15) is 4.79 Å². The molecule has 0 bridgehead atoms. The smallest absolute Gasteiger partial charge is 0.232 e. The van der Waals surface area contributed by atoms with Gasteiger partial charge in [0.1, 0.15) is 18.0 Å². The molecule has 1 aliphatic heterocycles. The summed E-state index contributed by atoms with van der Waals surface area (Å²) in [5, 5.41) is 7.29. The molecule has 4 heterocycles. The molecule has 4 rings (SSSR count). The molecule has 0 atom stereocenters. The quantitative estimate of drug-likeness (QED) is 0.772. The van der Waals surface area contributed by atoms with Gasteiger partial charge in [-0.3, -0.25) is 4.79 Å². The van der Waals surface area contributed by atoms with Crippen molar-refractivity contribution in [2.24, 2.45) is 5.92 Å². The van der Waals surface area contributed by atoms with Crippen molar-refractivity contribution in [2.45, 2.75) is 13.8 Å². The van der Waals surface area contributed by atoms with E-state index in [0.29, 0.717) is 18.9 Å². The minimum absolute atomic E-state index is 0.0206. The van der Waals surface area contributed by atoms with E-state index in [4.69, 9.17) is 0 Å². The largest absolute Gasteiger partial charge is 0.355 e. The predicted octanol–water partition coefficient (Wildman–Crippen LogP) is 1.75. The monoisotopic (exact) mass is 349 g/mol. The number of pyridine rings is 1. The summed E-state index contributed by atoms with van der Waals surface area (Å²) in [5.41, 5.74) is 1.96. The van der Waals surface area contributed by atoms with Crippen molar-refractivity contribution in [1.29, 1.82) is 0 Å². The van der Waals surface area contributed by atoms with Crippen LogP contribution in [0, 0.1) is 19.8 Å².